The first-order valence-corrected chi connectivity index (χ1v) is 8.94. The van der Waals surface area contributed by atoms with Gasteiger partial charge in [0.2, 0.25) is 5.91 Å². The lowest BCUT2D eigenvalue weighted by molar-refractivity contribution is -0.138. The van der Waals surface area contributed by atoms with E-state index in [1.807, 2.05) is 25.1 Å². The van der Waals surface area contributed by atoms with Crippen molar-refractivity contribution in [3.8, 4) is 5.75 Å². The molecule has 4 saturated carbocycles. The molecule has 0 saturated heterocycles. The number of nitrogens with one attached hydrogen (secondary N) is 1. The number of methoxy groups -OCH3 is 1. The van der Waals surface area contributed by atoms with Gasteiger partial charge in [-0.3, -0.25) is 4.79 Å². The molecule has 0 aliphatic heterocycles. The Labute approximate surface area is 142 Å². The summed E-state index contributed by atoms with van der Waals surface area (Å²) in [5.41, 5.74) is 1.61. The first-order chi connectivity index (χ1) is 10.9. The number of hydrogen-bond donors (Lipinski definition) is 1. The van der Waals surface area contributed by atoms with Gasteiger partial charge in [0.15, 0.2) is 0 Å². The summed E-state index contributed by atoms with van der Waals surface area (Å²) in [5, 5.41) is 3.15. The zero-order chi connectivity index (χ0) is 16.2. The predicted octanol–water partition coefficient (Wildman–Crippen LogP) is 4.52. The van der Waals surface area contributed by atoms with E-state index >= 15 is 0 Å². The van der Waals surface area contributed by atoms with Crippen LogP contribution in [0.15, 0.2) is 18.2 Å². The number of alkyl halides is 1. The Morgan fingerprint density at radius 1 is 1.26 bits per heavy atom. The summed E-state index contributed by atoms with van der Waals surface area (Å²) < 4.78 is 5.40. The third-order valence-corrected chi connectivity index (χ3v) is 6.52. The Balaban J connectivity index is 1.61. The molecule has 1 amide bonds. The van der Waals surface area contributed by atoms with Gasteiger partial charge in [0.05, 0.1) is 18.2 Å². The summed E-state index contributed by atoms with van der Waals surface area (Å²) >= 11 is 6.85. The quantitative estimate of drug-likeness (QED) is 0.826. The number of carbonyl (C=O) groups excluding carboxylic acids is 1. The van der Waals surface area contributed by atoms with E-state index in [1.54, 1.807) is 7.11 Å². The molecule has 4 atom stereocenters. The van der Waals surface area contributed by atoms with Crippen LogP contribution >= 0.6 is 11.6 Å². The van der Waals surface area contributed by atoms with Crippen LogP contribution in [-0.4, -0.2) is 17.9 Å². The maximum absolute atomic E-state index is 13.2. The largest absolute Gasteiger partial charge is 0.495 e. The minimum atomic E-state index is -0.277. The van der Waals surface area contributed by atoms with Crippen molar-refractivity contribution in [2.75, 3.05) is 12.4 Å². The highest BCUT2D eigenvalue weighted by Gasteiger charge is 2.60. The van der Waals surface area contributed by atoms with Crippen molar-refractivity contribution in [1.82, 2.24) is 0 Å². The number of aryl methyl sites for hydroxylation is 1. The summed E-state index contributed by atoms with van der Waals surface area (Å²) in [4.78, 5) is 13.0. The van der Waals surface area contributed by atoms with Gasteiger partial charge >= 0.3 is 0 Å². The van der Waals surface area contributed by atoms with Crippen molar-refractivity contribution in [2.45, 2.75) is 50.3 Å². The number of carbonyl (C=O) groups is 1. The zero-order valence-electron chi connectivity index (χ0n) is 13.8. The number of rotatable bonds is 3. The van der Waals surface area contributed by atoms with Gasteiger partial charge in [0.25, 0.3) is 0 Å². The molecule has 0 spiro atoms. The van der Waals surface area contributed by atoms with E-state index in [4.69, 9.17) is 16.3 Å². The molecule has 1 N–H and O–H groups in total. The van der Waals surface area contributed by atoms with Gasteiger partial charge in [0.1, 0.15) is 5.75 Å². The third kappa shape index (κ3) is 2.53. The van der Waals surface area contributed by atoms with E-state index < -0.39 is 0 Å². The standard InChI is InChI=1S/C19H24ClNO2/c1-12-3-4-16(23-2)15(5-12)21-17(22)18-7-13-6-14(8-18)10-19(20,9-13)11-18/h3-5,13-14H,6-11H2,1-2H3,(H,21,22)/t13-,14+,18?,19?. The van der Waals surface area contributed by atoms with Crippen LogP contribution < -0.4 is 10.1 Å². The molecule has 124 valence electrons. The Morgan fingerprint density at radius 3 is 2.57 bits per heavy atom. The normalized spacial score (nSPS) is 37.7. The van der Waals surface area contributed by atoms with Crippen LogP contribution in [-0.2, 0) is 4.79 Å². The van der Waals surface area contributed by atoms with E-state index in [9.17, 15) is 4.79 Å². The van der Waals surface area contributed by atoms with E-state index in [2.05, 4.69) is 5.32 Å². The van der Waals surface area contributed by atoms with Crippen molar-refractivity contribution >= 4 is 23.2 Å². The Hall–Kier alpha value is -1.22. The van der Waals surface area contributed by atoms with Crippen molar-refractivity contribution in [2.24, 2.45) is 17.3 Å². The molecule has 0 heterocycles. The zero-order valence-corrected chi connectivity index (χ0v) is 14.6. The van der Waals surface area contributed by atoms with Gasteiger partial charge in [-0.15, -0.1) is 11.6 Å². The van der Waals surface area contributed by atoms with Crippen LogP contribution in [0.3, 0.4) is 0 Å². The van der Waals surface area contributed by atoms with Crippen molar-refractivity contribution < 1.29 is 9.53 Å². The number of hydrogen-bond acceptors (Lipinski definition) is 2. The highest BCUT2D eigenvalue weighted by molar-refractivity contribution is 6.24. The molecule has 0 aromatic heterocycles. The van der Waals surface area contributed by atoms with Crippen LogP contribution in [0.2, 0.25) is 0 Å². The third-order valence-electron chi connectivity index (χ3n) is 6.07. The molecule has 4 fully saturated rings. The van der Waals surface area contributed by atoms with Crippen molar-refractivity contribution in [3.63, 3.8) is 0 Å². The molecule has 23 heavy (non-hydrogen) atoms. The number of anilines is 1. The van der Waals surface area contributed by atoms with E-state index in [1.165, 1.54) is 6.42 Å². The average Bonchev–Trinajstić information content (AvgIpc) is 2.45. The van der Waals surface area contributed by atoms with Crippen molar-refractivity contribution in [3.05, 3.63) is 23.8 Å². The lowest BCUT2D eigenvalue weighted by Gasteiger charge is -2.59. The maximum Gasteiger partial charge on any atom is 0.230 e. The van der Waals surface area contributed by atoms with Gasteiger partial charge in [-0.1, -0.05) is 6.07 Å². The summed E-state index contributed by atoms with van der Waals surface area (Å²) in [6, 6.07) is 5.88. The van der Waals surface area contributed by atoms with Gasteiger partial charge < -0.3 is 10.1 Å². The van der Waals surface area contributed by atoms with Crippen LogP contribution in [0.1, 0.15) is 44.1 Å². The van der Waals surface area contributed by atoms with Gasteiger partial charge in [0, 0.05) is 4.87 Å². The van der Waals surface area contributed by atoms with Crippen LogP contribution in [0.4, 0.5) is 5.69 Å². The van der Waals surface area contributed by atoms with Gasteiger partial charge in [-0.05, 0) is 75.0 Å². The number of ether oxygens (including phenoxy) is 1. The van der Waals surface area contributed by atoms with E-state index in [0.717, 1.165) is 43.4 Å². The lowest BCUT2D eigenvalue weighted by Crippen LogP contribution is -2.57. The summed E-state index contributed by atoms with van der Waals surface area (Å²) in [7, 11) is 1.64. The second-order valence-corrected chi connectivity index (χ2v) is 8.85. The molecular formula is C19H24ClNO2. The Bertz CT molecular complexity index is 643. The molecule has 3 nitrogen and oxygen atoms in total. The second kappa shape index (κ2) is 5.14. The highest BCUT2D eigenvalue weighted by Crippen LogP contribution is 2.64. The Morgan fingerprint density at radius 2 is 1.96 bits per heavy atom. The molecule has 1 aromatic carbocycles. The van der Waals surface area contributed by atoms with Crippen LogP contribution in [0.5, 0.6) is 5.75 Å². The number of benzene rings is 1. The Kier molecular flexibility index (Phi) is 3.42. The highest BCUT2D eigenvalue weighted by atomic mass is 35.5. The monoisotopic (exact) mass is 333 g/mol. The molecular weight excluding hydrogens is 310 g/mol. The molecule has 4 heteroatoms. The smallest absolute Gasteiger partial charge is 0.230 e. The average molecular weight is 334 g/mol. The van der Waals surface area contributed by atoms with Crippen molar-refractivity contribution in [1.29, 1.82) is 0 Å². The van der Waals surface area contributed by atoms with E-state index in [0.29, 0.717) is 17.6 Å². The summed E-state index contributed by atoms with van der Waals surface area (Å²) in [6.45, 7) is 2.02. The van der Waals surface area contributed by atoms with Gasteiger partial charge in [-0.25, -0.2) is 0 Å². The molecule has 4 aliphatic rings. The fraction of sp³-hybridized carbons (Fsp3) is 0.632. The first-order valence-electron chi connectivity index (χ1n) is 8.56. The molecule has 4 aliphatic carbocycles. The fourth-order valence-electron chi connectivity index (χ4n) is 5.59. The molecule has 4 bridgehead atoms. The first kappa shape index (κ1) is 15.3. The second-order valence-electron chi connectivity index (χ2n) is 8.05. The SMILES string of the molecule is COc1ccc(C)cc1NC(=O)C12C[C@@H]3C[C@@H](CC(Cl)(C3)C1)C2. The lowest BCUT2D eigenvalue weighted by atomic mass is 9.49. The minimum Gasteiger partial charge on any atom is -0.495 e. The summed E-state index contributed by atoms with van der Waals surface area (Å²) in [6.07, 6.45) is 6.27. The molecule has 2 unspecified atom stereocenters. The maximum atomic E-state index is 13.2. The van der Waals surface area contributed by atoms with E-state index in [-0.39, 0.29) is 16.2 Å². The van der Waals surface area contributed by atoms with Crippen LogP contribution in [0.25, 0.3) is 0 Å². The molecule has 5 rings (SSSR count). The molecule has 1 aromatic rings. The van der Waals surface area contributed by atoms with Gasteiger partial charge in [-0.2, -0.15) is 0 Å². The summed E-state index contributed by atoms with van der Waals surface area (Å²) in [5.74, 6) is 2.10. The minimum absolute atomic E-state index is 0.139. The molecule has 0 radical (unpaired) electrons. The number of halogens is 1. The number of amides is 1. The topological polar surface area (TPSA) is 38.3 Å². The van der Waals surface area contributed by atoms with Crippen LogP contribution in [0, 0.1) is 24.2 Å². The fourth-order valence-corrected chi connectivity index (χ4v) is 6.28. The predicted molar refractivity (Wildman–Crippen MR) is 92.1 cm³/mol.